The molecular formula is C8H15ClN2O2. The molecule has 0 unspecified atom stereocenters. The van der Waals surface area contributed by atoms with Crippen LogP contribution in [0.3, 0.4) is 0 Å². The number of carbonyl (C=O) groups is 2. The van der Waals surface area contributed by atoms with Gasteiger partial charge in [0, 0.05) is 6.54 Å². The molecule has 0 aromatic rings. The Morgan fingerprint density at radius 3 is 2.46 bits per heavy atom. The molecule has 13 heavy (non-hydrogen) atoms. The van der Waals surface area contributed by atoms with Gasteiger partial charge >= 0.3 is 6.03 Å². The summed E-state index contributed by atoms with van der Waals surface area (Å²) >= 11 is 5.19. The van der Waals surface area contributed by atoms with E-state index in [2.05, 4.69) is 24.5 Å². The standard InChI is InChI=1S/C8H15ClN2O2/c1-6(2)3-4-10-8(13)11-7(12)5-9/h6H,3-5H2,1-2H3,(H2,10,11,12,13). The van der Waals surface area contributed by atoms with E-state index in [1.54, 1.807) is 0 Å². The van der Waals surface area contributed by atoms with Gasteiger partial charge in [0.2, 0.25) is 5.91 Å². The van der Waals surface area contributed by atoms with Crippen LogP contribution in [0.5, 0.6) is 0 Å². The Morgan fingerprint density at radius 1 is 1.38 bits per heavy atom. The minimum Gasteiger partial charge on any atom is -0.338 e. The second kappa shape index (κ2) is 6.71. The first kappa shape index (κ1) is 12.2. The quantitative estimate of drug-likeness (QED) is 0.677. The van der Waals surface area contributed by atoms with Crippen molar-refractivity contribution >= 4 is 23.5 Å². The molecule has 0 saturated carbocycles. The van der Waals surface area contributed by atoms with Gasteiger partial charge in [-0.05, 0) is 12.3 Å². The molecule has 0 aliphatic rings. The first-order valence-electron chi connectivity index (χ1n) is 4.20. The molecule has 0 atom stereocenters. The Labute approximate surface area is 83.0 Å². The normalized spacial score (nSPS) is 9.85. The third-order valence-corrected chi connectivity index (χ3v) is 1.62. The number of rotatable bonds is 4. The number of alkyl halides is 1. The highest BCUT2D eigenvalue weighted by Crippen LogP contribution is 1.95. The zero-order valence-corrected chi connectivity index (χ0v) is 8.65. The topological polar surface area (TPSA) is 58.2 Å². The van der Waals surface area contributed by atoms with E-state index in [0.29, 0.717) is 12.5 Å². The molecule has 0 aliphatic carbocycles. The van der Waals surface area contributed by atoms with Crippen molar-refractivity contribution in [3.05, 3.63) is 0 Å². The highest BCUT2D eigenvalue weighted by molar-refractivity contribution is 6.28. The van der Waals surface area contributed by atoms with Crippen LogP contribution in [0.1, 0.15) is 20.3 Å². The predicted octanol–water partition coefficient (Wildman–Crippen LogP) is 1.10. The Bertz CT molecular complexity index is 183. The summed E-state index contributed by atoms with van der Waals surface area (Å²) in [4.78, 5) is 21.5. The van der Waals surface area contributed by atoms with E-state index in [9.17, 15) is 9.59 Å². The van der Waals surface area contributed by atoms with Crippen LogP contribution in [0.15, 0.2) is 0 Å². The molecule has 5 heteroatoms. The lowest BCUT2D eigenvalue weighted by Crippen LogP contribution is -2.40. The maximum atomic E-state index is 10.9. The number of amides is 3. The average Bonchev–Trinajstić information content (AvgIpc) is 2.03. The summed E-state index contributed by atoms with van der Waals surface area (Å²) in [5.41, 5.74) is 0. The Kier molecular flexibility index (Phi) is 6.32. The van der Waals surface area contributed by atoms with Crippen LogP contribution < -0.4 is 10.6 Å². The van der Waals surface area contributed by atoms with Gasteiger partial charge in [-0.3, -0.25) is 10.1 Å². The molecule has 0 bridgehead atoms. The second-order valence-electron chi connectivity index (χ2n) is 3.12. The van der Waals surface area contributed by atoms with E-state index >= 15 is 0 Å². The second-order valence-corrected chi connectivity index (χ2v) is 3.39. The van der Waals surface area contributed by atoms with Gasteiger partial charge in [0.15, 0.2) is 0 Å². The number of nitrogens with one attached hydrogen (secondary N) is 2. The number of hydrogen-bond donors (Lipinski definition) is 2. The van der Waals surface area contributed by atoms with Crippen molar-refractivity contribution in [2.24, 2.45) is 5.92 Å². The van der Waals surface area contributed by atoms with E-state index in [1.807, 2.05) is 0 Å². The molecule has 0 aromatic carbocycles. The highest BCUT2D eigenvalue weighted by atomic mass is 35.5. The largest absolute Gasteiger partial charge is 0.338 e. The summed E-state index contributed by atoms with van der Waals surface area (Å²) < 4.78 is 0. The minimum absolute atomic E-state index is 0.197. The van der Waals surface area contributed by atoms with E-state index in [-0.39, 0.29) is 5.88 Å². The van der Waals surface area contributed by atoms with E-state index in [0.717, 1.165) is 6.42 Å². The molecule has 2 N–H and O–H groups in total. The van der Waals surface area contributed by atoms with Crippen molar-refractivity contribution < 1.29 is 9.59 Å². The van der Waals surface area contributed by atoms with Crippen molar-refractivity contribution in [2.45, 2.75) is 20.3 Å². The van der Waals surface area contributed by atoms with Gasteiger partial charge in [0.1, 0.15) is 5.88 Å². The van der Waals surface area contributed by atoms with Crippen LogP contribution >= 0.6 is 11.6 Å². The molecule has 76 valence electrons. The number of halogens is 1. The summed E-state index contributed by atoms with van der Waals surface area (Å²) in [6.45, 7) is 4.69. The van der Waals surface area contributed by atoms with Crippen molar-refractivity contribution in [1.82, 2.24) is 10.6 Å². The molecule has 0 fully saturated rings. The molecule has 0 spiro atoms. The fourth-order valence-corrected chi connectivity index (χ4v) is 0.745. The predicted molar refractivity (Wildman–Crippen MR) is 51.7 cm³/mol. The molecule has 0 rings (SSSR count). The number of carbonyl (C=O) groups excluding carboxylic acids is 2. The van der Waals surface area contributed by atoms with Gasteiger partial charge in [-0.15, -0.1) is 11.6 Å². The monoisotopic (exact) mass is 206 g/mol. The van der Waals surface area contributed by atoms with E-state index in [1.165, 1.54) is 0 Å². The van der Waals surface area contributed by atoms with Gasteiger partial charge in [0.25, 0.3) is 0 Å². The Hall–Kier alpha value is -0.770. The zero-order chi connectivity index (χ0) is 10.3. The summed E-state index contributed by atoms with van der Waals surface area (Å²) in [5, 5.41) is 4.63. The molecule has 0 aliphatic heterocycles. The number of imide groups is 1. The van der Waals surface area contributed by atoms with E-state index < -0.39 is 11.9 Å². The summed E-state index contributed by atoms with van der Waals surface area (Å²) in [6, 6.07) is -0.480. The number of urea groups is 1. The fraction of sp³-hybridized carbons (Fsp3) is 0.750. The lowest BCUT2D eigenvalue weighted by Gasteiger charge is -2.06. The van der Waals surface area contributed by atoms with Crippen LogP contribution in [-0.4, -0.2) is 24.4 Å². The molecular weight excluding hydrogens is 192 g/mol. The smallest absolute Gasteiger partial charge is 0.321 e. The van der Waals surface area contributed by atoms with Gasteiger partial charge in [0.05, 0.1) is 0 Å². The van der Waals surface area contributed by atoms with Crippen molar-refractivity contribution in [2.75, 3.05) is 12.4 Å². The first-order chi connectivity index (χ1) is 6.06. The van der Waals surface area contributed by atoms with Crippen LogP contribution in [0.2, 0.25) is 0 Å². The Balaban J connectivity index is 3.46. The van der Waals surface area contributed by atoms with Crippen LogP contribution in [0, 0.1) is 5.92 Å². The summed E-state index contributed by atoms with van der Waals surface area (Å²) in [7, 11) is 0. The molecule has 3 amide bonds. The SMILES string of the molecule is CC(C)CCNC(=O)NC(=O)CCl. The highest BCUT2D eigenvalue weighted by Gasteiger charge is 2.04. The van der Waals surface area contributed by atoms with Gasteiger partial charge in [-0.2, -0.15) is 0 Å². The van der Waals surface area contributed by atoms with Crippen molar-refractivity contribution in [3.8, 4) is 0 Å². The molecule has 0 aromatic heterocycles. The van der Waals surface area contributed by atoms with Crippen LogP contribution in [0.4, 0.5) is 4.79 Å². The van der Waals surface area contributed by atoms with E-state index in [4.69, 9.17) is 11.6 Å². The molecule has 0 saturated heterocycles. The van der Waals surface area contributed by atoms with Crippen molar-refractivity contribution in [3.63, 3.8) is 0 Å². The Morgan fingerprint density at radius 2 is 2.00 bits per heavy atom. The lowest BCUT2D eigenvalue weighted by atomic mass is 10.1. The number of hydrogen-bond acceptors (Lipinski definition) is 2. The third-order valence-electron chi connectivity index (χ3n) is 1.38. The maximum absolute atomic E-state index is 10.9. The van der Waals surface area contributed by atoms with Gasteiger partial charge in [-0.1, -0.05) is 13.8 Å². The van der Waals surface area contributed by atoms with Crippen molar-refractivity contribution in [1.29, 1.82) is 0 Å². The third kappa shape index (κ3) is 7.59. The fourth-order valence-electron chi connectivity index (χ4n) is 0.679. The minimum atomic E-state index is -0.483. The maximum Gasteiger partial charge on any atom is 0.321 e. The summed E-state index contributed by atoms with van der Waals surface area (Å²) in [6.07, 6.45) is 0.891. The molecule has 0 heterocycles. The van der Waals surface area contributed by atoms with Gasteiger partial charge in [-0.25, -0.2) is 4.79 Å². The van der Waals surface area contributed by atoms with Gasteiger partial charge < -0.3 is 5.32 Å². The van der Waals surface area contributed by atoms with Crippen LogP contribution in [-0.2, 0) is 4.79 Å². The lowest BCUT2D eigenvalue weighted by molar-refractivity contribution is -0.117. The average molecular weight is 207 g/mol. The first-order valence-corrected chi connectivity index (χ1v) is 4.73. The zero-order valence-electron chi connectivity index (χ0n) is 7.89. The summed E-state index contributed by atoms with van der Waals surface area (Å²) in [5.74, 6) is -0.148. The molecule has 0 radical (unpaired) electrons. The molecule has 4 nitrogen and oxygen atoms in total. The van der Waals surface area contributed by atoms with Crippen LogP contribution in [0.25, 0.3) is 0 Å².